The van der Waals surface area contributed by atoms with Crippen molar-refractivity contribution in [1.82, 2.24) is 10.2 Å². The Morgan fingerprint density at radius 1 is 1.06 bits per heavy atom. The number of Topliss-reactive ketones (excluding diaryl/α,β-unsaturated/α-hetero) is 1. The molecule has 3 rings (SSSR count). The van der Waals surface area contributed by atoms with Crippen molar-refractivity contribution in [3.63, 3.8) is 0 Å². The van der Waals surface area contributed by atoms with E-state index in [9.17, 15) is 14.7 Å². The van der Waals surface area contributed by atoms with Gasteiger partial charge in [-0.15, -0.1) is 10.2 Å². The number of aliphatic carboxylic acids is 1. The van der Waals surface area contributed by atoms with Crippen LogP contribution in [0.3, 0.4) is 0 Å². The Labute approximate surface area is 188 Å². The minimum absolute atomic E-state index is 0.00154. The highest BCUT2D eigenvalue weighted by Crippen LogP contribution is 2.27. The third-order valence-electron chi connectivity index (χ3n) is 4.57. The molecule has 0 unspecified atom stereocenters. The van der Waals surface area contributed by atoms with Gasteiger partial charge in [0.25, 0.3) is 0 Å². The van der Waals surface area contributed by atoms with Gasteiger partial charge in [-0.25, -0.2) is 0 Å². The summed E-state index contributed by atoms with van der Waals surface area (Å²) in [6.07, 6.45) is -0.717. The van der Waals surface area contributed by atoms with Gasteiger partial charge in [0.1, 0.15) is 18.1 Å². The fourth-order valence-electron chi connectivity index (χ4n) is 2.97. The van der Waals surface area contributed by atoms with Crippen molar-refractivity contribution in [2.75, 3.05) is 11.4 Å². The van der Waals surface area contributed by atoms with Gasteiger partial charge >= 0.3 is 0 Å². The Hall–Kier alpha value is -3.26. The normalized spacial score (nSPS) is 10.5. The second kappa shape index (κ2) is 10.7. The molecule has 31 heavy (non-hydrogen) atoms. The lowest BCUT2D eigenvalue weighted by Gasteiger charge is -2.23. The molecule has 0 spiro atoms. The number of hydrogen-bond acceptors (Lipinski definition) is 7. The smallest absolute Gasteiger partial charge is 0.188 e. The van der Waals surface area contributed by atoms with Crippen LogP contribution < -0.4 is 14.7 Å². The molecule has 1 heterocycles. The molecule has 0 fully saturated rings. The van der Waals surface area contributed by atoms with Gasteiger partial charge in [0.05, 0.1) is 6.42 Å². The van der Waals surface area contributed by atoms with Crippen LogP contribution >= 0.6 is 15.9 Å². The molecule has 0 aliphatic heterocycles. The molecule has 7 nitrogen and oxygen atoms in total. The molecule has 0 atom stereocenters. The van der Waals surface area contributed by atoms with Gasteiger partial charge in [0.2, 0.25) is 0 Å². The third kappa shape index (κ3) is 6.36. The summed E-state index contributed by atoms with van der Waals surface area (Å²) in [5.74, 6) is -0.741. The van der Waals surface area contributed by atoms with E-state index in [1.807, 2.05) is 60.4 Å². The second-order valence-electron chi connectivity index (χ2n) is 6.79. The van der Waals surface area contributed by atoms with Crippen LogP contribution in [0.1, 0.15) is 35.0 Å². The molecular weight excluding hydrogens is 462 g/mol. The van der Waals surface area contributed by atoms with Gasteiger partial charge in [0, 0.05) is 29.1 Å². The number of hydrogen-bond donors (Lipinski definition) is 0. The summed E-state index contributed by atoms with van der Waals surface area (Å²) in [5.41, 5.74) is 2.04. The van der Waals surface area contributed by atoms with E-state index in [4.69, 9.17) is 4.74 Å². The Morgan fingerprint density at radius 2 is 1.84 bits per heavy atom. The number of benzene rings is 2. The average molecular weight is 483 g/mol. The number of rotatable bonds is 10. The Balaban J connectivity index is 1.75. The number of carboxylic acids is 1. The number of halogens is 1. The van der Waals surface area contributed by atoms with Crippen LogP contribution in [0.15, 0.2) is 65.1 Å². The number of anilines is 1. The predicted molar refractivity (Wildman–Crippen MR) is 118 cm³/mol. The third-order valence-corrected chi connectivity index (χ3v) is 5.06. The first kappa shape index (κ1) is 22.4. The molecule has 0 amide bonds. The maximum atomic E-state index is 11.8. The summed E-state index contributed by atoms with van der Waals surface area (Å²) in [5, 5.41) is 18.6. The van der Waals surface area contributed by atoms with Crippen LogP contribution in [0.25, 0.3) is 0 Å². The van der Waals surface area contributed by atoms with Gasteiger partial charge in [-0.2, -0.15) is 0 Å². The molecule has 2 aromatic carbocycles. The van der Waals surface area contributed by atoms with E-state index in [1.165, 1.54) is 6.07 Å². The fraction of sp³-hybridized carbons (Fsp3) is 0.217. The Kier molecular flexibility index (Phi) is 7.72. The number of ether oxygens (including phenoxy) is 1. The lowest BCUT2D eigenvalue weighted by Crippen LogP contribution is -2.26. The SMILES string of the molecule is CCN(Cc1cc(Br)ccc1OCc1ccccc1)c1ccc(C(=O)CC(=O)[O-])nn1. The molecule has 3 aromatic rings. The van der Waals surface area contributed by atoms with Crippen molar-refractivity contribution < 1.29 is 19.4 Å². The molecule has 0 N–H and O–H groups in total. The highest BCUT2D eigenvalue weighted by molar-refractivity contribution is 9.10. The van der Waals surface area contributed by atoms with Crippen LogP contribution in [0, 0.1) is 0 Å². The van der Waals surface area contributed by atoms with Crippen molar-refractivity contribution in [3.8, 4) is 5.75 Å². The molecular formula is C23H21BrN3O4-. The minimum Gasteiger partial charge on any atom is -0.550 e. The van der Waals surface area contributed by atoms with Gasteiger partial charge in [-0.3, -0.25) is 4.79 Å². The van der Waals surface area contributed by atoms with Crippen molar-refractivity contribution >= 4 is 33.5 Å². The Bertz CT molecular complexity index is 1040. The van der Waals surface area contributed by atoms with Crippen LogP contribution in [0.2, 0.25) is 0 Å². The van der Waals surface area contributed by atoms with Crippen LogP contribution in [-0.2, 0) is 17.9 Å². The number of ketones is 1. The molecule has 8 heteroatoms. The highest BCUT2D eigenvalue weighted by atomic mass is 79.9. The van der Waals surface area contributed by atoms with E-state index in [1.54, 1.807) is 6.07 Å². The zero-order chi connectivity index (χ0) is 22.2. The lowest BCUT2D eigenvalue weighted by atomic mass is 10.1. The van der Waals surface area contributed by atoms with Gasteiger partial charge in [-0.1, -0.05) is 46.3 Å². The quantitative estimate of drug-likeness (QED) is 0.323. The van der Waals surface area contributed by atoms with E-state index in [0.29, 0.717) is 25.5 Å². The number of carboxylic acid groups (broad SMARTS) is 1. The minimum atomic E-state index is -1.44. The summed E-state index contributed by atoms with van der Waals surface area (Å²) in [7, 11) is 0. The fourth-order valence-corrected chi connectivity index (χ4v) is 3.38. The standard InChI is InChI=1S/C23H22BrN3O4/c1-2-27(22-11-9-19(25-26-22)20(28)13-23(29)30)14-17-12-18(24)8-10-21(17)31-15-16-6-4-3-5-7-16/h3-12H,2,13-15H2,1H3,(H,29,30)/p-1. The molecule has 0 saturated heterocycles. The van der Waals surface area contributed by atoms with Gasteiger partial charge in [0.15, 0.2) is 11.6 Å². The van der Waals surface area contributed by atoms with E-state index in [-0.39, 0.29) is 5.69 Å². The van der Waals surface area contributed by atoms with E-state index in [0.717, 1.165) is 21.3 Å². The first-order chi connectivity index (χ1) is 15.0. The zero-order valence-corrected chi connectivity index (χ0v) is 18.5. The second-order valence-corrected chi connectivity index (χ2v) is 7.70. The summed E-state index contributed by atoms with van der Waals surface area (Å²) >= 11 is 3.51. The molecule has 0 aliphatic carbocycles. The van der Waals surface area contributed by atoms with Crippen LogP contribution in [-0.4, -0.2) is 28.5 Å². The summed E-state index contributed by atoms with van der Waals surface area (Å²) in [6, 6.07) is 18.9. The maximum Gasteiger partial charge on any atom is 0.188 e. The first-order valence-electron chi connectivity index (χ1n) is 9.73. The average Bonchev–Trinajstić information content (AvgIpc) is 2.77. The highest BCUT2D eigenvalue weighted by Gasteiger charge is 2.14. The van der Waals surface area contributed by atoms with Crippen LogP contribution in [0.4, 0.5) is 5.82 Å². The van der Waals surface area contributed by atoms with E-state index < -0.39 is 18.2 Å². The number of carbonyl (C=O) groups excluding carboxylic acids is 2. The van der Waals surface area contributed by atoms with Gasteiger partial charge in [-0.05, 0) is 42.8 Å². The number of carbonyl (C=O) groups is 2. The largest absolute Gasteiger partial charge is 0.550 e. The summed E-state index contributed by atoms with van der Waals surface area (Å²) in [4.78, 5) is 24.4. The van der Waals surface area contributed by atoms with E-state index in [2.05, 4.69) is 26.1 Å². The lowest BCUT2D eigenvalue weighted by molar-refractivity contribution is -0.304. The number of nitrogens with zero attached hydrogens (tertiary/aromatic N) is 3. The van der Waals surface area contributed by atoms with Crippen molar-refractivity contribution in [3.05, 3.63) is 82.0 Å². The van der Waals surface area contributed by atoms with Crippen LogP contribution in [0.5, 0.6) is 5.75 Å². The monoisotopic (exact) mass is 482 g/mol. The predicted octanol–water partition coefficient (Wildman–Crippen LogP) is 3.17. The molecule has 0 aliphatic rings. The van der Waals surface area contributed by atoms with Crippen molar-refractivity contribution in [1.29, 1.82) is 0 Å². The Morgan fingerprint density at radius 3 is 2.48 bits per heavy atom. The molecule has 0 bridgehead atoms. The van der Waals surface area contributed by atoms with Gasteiger partial charge < -0.3 is 19.5 Å². The van der Waals surface area contributed by atoms with Crippen molar-refractivity contribution in [2.45, 2.75) is 26.5 Å². The summed E-state index contributed by atoms with van der Waals surface area (Å²) in [6.45, 7) is 3.60. The topological polar surface area (TPSA) is 95.5 Å². The molecule has 0 radical (unpaired) electrons. The van der Waals surface area contributed by atoms with E-state index >= 15 is 0 Å². The molecule has 160 valence electrons. The summed E-state index contributed by atoms with van der Waals surface area (Å²) < 4.78 is 6.99. The first-order valence-corrected chi connectivity index (χ1v) is 10.5. The number of aromatic nitrogens is 2. The zero-order valence-electron chi connectivity index (χ0n) is 17.0. The molecule has 0 saturated carbocycles. The maximum absolute atomic E-state index is 11.8. The molecule has 1 aromatic heterocycles. The van der Waals surface area contributed by atoms with Crippen molar-refractivity contribution in [2.24, 2.45) is 0 Å².